The van der Waals surface area contributed by atoms with E-state index in [1.165, 1.54) is 69.9 Å². The van der Waals surface area contributed by atoms with Crippen molar-refractivity contribution in [3.8, 4) is 0 Å². The number of allylic oxidation sites excluding steroid dienone is 1. The van der Waals surface area contributed by atoms with Crippen LogP contribution in [0.2, 0.25) is 0 Å². The second-order valence-electron chi connectivity index (χ2n) is 13.9. The van der Waals surface area contributed by atoms with Crippen molar-refractivity contribution in [2.24, 2.45) is 46.2 Å². The van der Waals surface area contributed by atoms with Crippen LogP contribution in [0.15, 0.2) is 24.2 Å². The van der Waals surface area contributed by atoms with E-state index in [0.717, 1.165) is 35.2 Å². The summed E-state index contributed by atoms with van der Waals surface area (Å²) in [4.78, 5) is 7.39. The summed E-state index contributed by atoms with van der Waals surface area (Å²) in [7, 11) is 4.09. The van der Waals surface area contributed by atoms with Crippen molar-refractivity contribution >= 4 is 21.6 Å². The first-order chi connectivity index (χ1) is 17.2. The van der Waals surface area contributed by atoms with Gasteiger partial charge in [0.05, 0.1) is 6.33 Å². The molecule has 0 amide bonds. The largest absolute Gasteiger partial charge is 0.348 e. The molecular weight excluding hydrogens is 478 g/mol. The van der Waals surface area contributed by atoms with Crippen molar-refractivity contribution in [1.82, 2.24) is 9.97 Å². The fourth-order valence-electron chi connectivity index (χ4n) is 9.51. The summed E-state index contributed by atoms with van der Waals surface area (Å²) in [6.45, 7) is 12.6. The molecule has 0 spiro atoms. The molecule has 1 aromatic rings. The second kappa shape index (κ2) is 10.6. The minimum absolute atomic E-state index is 0.00694. The van der Waals surface area contributed by atoms with Crippen molar-refractivity contribution in [1.29, 1.82) is 0 Å². The number of fused-ring (bicyclic) bond motifs is 5. The van der Waals surface area contributed by atoms with Crippen LogP contribution < -0.4 is 5.73 Å². The van der Waals surface area contributed by atoms with Crippen LogP contribution in [0.4, 0.5) is 0 Å². The molecule has 5 rings (SSSR count). The molecule has 3 nitrogen and oxygen atoms in total. The van der Waals surface area contributed by atoms with E-state index in [2.05, 4.69) is 61.5 Å². The topological polar surface area (TPSA) is 54.7 Å². The lowest BCUT2D eigenvalue weighted by atomic mass is 9.44. The van der Waals surface area contributed by atoms with Crippen molar-refractivity contribution in [2.75, 3.05) is 0 Å². The van der Waals surface area contributed by atoms with Gasteiger partial charge in [0.1, 0.15) is 0 Å². The molecule has 0 saturated heterocycles. The fourth-order valence-corrected chi connectivity index (χ4v) is 12.2. The minimum atomic E-state index is 0.00694. The third-order valence-electron chi connectivity index (χ3n) is 11.4. The van der Waals surface area contributed by atoms with Gasteiger partial charge in [-0.25, -0.2) is 4.98 Å². The second-order valence-corrected chi connectivity index (χ2v) is 16.6. The molecule has 4 aliphatic rings. The molecule has 0 aromatic carbocycles. The lowest BCUT2D eigenvalue weighted by molar-refractivity contribution is -0.0674. The molecule has 3 N–H and O–H groups in total. The Hall–Kier alpha value is -0.390. The Bertz CT molecular complexity index is 913. The summed E-state index contributed by atoms with van der Waals surface area (Å²) in [5.41, 5.74) is 11.4. The SMILES string of the molecule is CC(C)CCC[C@@H](C)[C@H]1CC[C@H]2C3(N)CC=C4C[C@@H](SSCc5cnc[nH]5)CCC4(C)C3CC[C@]12C. The number of rotatable bonds is 9. The van der Waals surface area contributed by atoms with E-state index in [1.54, 1.807) is 11.9 Å². The quantitative estimate of drug-likeness (QED) is 0.248. The summed E-state index contributed by atoms with van der Waals surface area (Å²) < 4.78 is 0. The average Bonchev–Trinajstić information content (AvgIpc) is 3.47. The van der Waals surface area contributed by atoms with Crippen LogP contribution in [0.5, 0.6) is 0 Å². The van der Waals surface area contributed by atoms with Gasteiger partial charge in [0.2, 0.25) is 0 Å². The van der Waals surface area contributed by atoms with Crippen LogP contribution in [0.3, 0.4) is 0 Å². The van der Waals surface area contributed by atoms with Gasteiger partial charge in [-0.3, -0.25) is 0 Å². The zero-order chi connectivity index (χ0) is 25.6. The molecule has 0 radical (unpaired) electrons. The summed E-state index contributed by atoms with van der Waals surface area (Å²) in [6.07, 6.45) is 21.1. The van der Waals surface area contributed by atoms with Crippen molar-refractivity contribution < 1.29 is 0 Å². The van der Waals surface area contributed by atoms with E-state index in [1.807, 2.05) is 17.0 Å². The van der Waals surface area contributed by atoms with Crippen molar-refractivity contribution in [3.05, 3.63) is 29.9 Å². The standard InChI is InChI=1S/C31H51N3S2/c1-21(2)7-6-8-22(3)26-9-10-27-30(26,5)15-13-28-29(4)14-12-25(17-23(29)11-16-31(27,28)32)36-35-19-24-18-33-20-34-24/h11,18,20-22,25-28H,6-10,12-17,19,32H2,1-5H3,(H,33,34)/t22-,25+,26-,27-,28?,29?,30-,31?/m1/s1. The van der Waals surface area contributed by atoms with Gasteiger partial charge in [-0.15, -0.1) is 0 Å². The Morgan fingerprint density at radius 3 is 2.67 bits per heavy atom. The molecular formula is C31H51N3S2. The van der Waals surface area contributed by atoms with Gasteiger partial charge in [-0.2, -0.15) is 0 Å². The molecule has 5 heteroatoms. The highest BCUT2D eigenvalue weighted by atomic mass is 33.1. The van der Waals surface area contributed by atoms with E-state index in [9.17, 15) is 0 Å². The maximum atomic E-state index is 7.63. The molecule has 3 fully saturated rings. The molecule has 1 aromatic heterocycles. The van der Waals surface area contributed by atoms with Crippen LogP contribution in [-0.4, -0.2) is 20.8 Å². The van der Waals surface area contributed by atoms with Gasteiger partial charge in [0.15, 0.2) is 0 Å². The van der Waals surface area contributed by atoms with Gasteiger partial charge < -0.3 is 10.7 Å². The molecule has 4 aliphatic carbocycles. The molecule has 36 heavy (non-hydrogen) atoms. The normalized spacial score (nSPS) is 40.9. The molecule has 0 aliphatic heterocycles. The van der Waals surface area contributed by atoms with Gasteiger partial charge in [-0.1, -0.05) is 87.1 Å². The summed E-state index contributed by atoms with van der Waals surface area (Å²) in [5, 5.41) is 0.735. The van der Waals surface area contributed by atoms with Crippen LogP contribution >= 0.6 is 21.6 Å². The third kappa shape index (κ3) is 4.88. The van der Waals surface area contributed by atoms with Gasteiger partial charge >= 0.3 is 0 Å². The highest BCUT2D eigenvalue weighted by molar-refractivity contribution is 8.76. The van der Waals surface area contributed by atoms with E-state index in [-0.39, 0.29) is 5.54 Å². The maximum absolute atomic E-state index is 7.63. The molecule has 8 atom stereocenters. The van der Waals surface area contributed by atoms with Gasteiger partial charge in [-0.05, 0) is 91.8 Å². The van der Waals surface area contributed by atoms with Crippen LogP contribution in [0, 0.1) is 40.4 Å². The molecule has 1 heterocycles. The average molecular weight is 530 g/mol. The number of nitrogens with two attached hydrogens (primary N) is 1. The molecule has 3 unspecified atom stereocenters. The first-order valence-corrected chi connectivity index (χ1v) is 17.3. The van der Waals surface area contributed by atoms with E-state index in [0.29, 0.717) is 22.7 Å². The number of aromatic nitrogens is 2. The number of imidazole rings is 1. The van der Waals surface area contributed by atoms with E-state index < -0.39 is 0 Å². The molecule has 3 saturated carbocycles. The first-order valence-electron chi connectivity index (χ1n) is 14.9. The Morgan fingerprint density at radius 1 is 1.08 bits per heavy atom. The Balaban J connectivity index is 1.25. The van der Waals surface area contributed by atoms with Crippen LogP contribution in [0.25, 0.3) is 0 Å². The number of nitrogens with one attached hydrogen (secondary N) is 1. The number of aromatic amines is 1. The lowest BCUT2D eigenvalue weighted by Gasteiger charge is -2.63. The maximum Gasteiger partial charge on any atom is 0.0921 e. The summed E-state index contributed by atoms with van der Waals surface area (Å²) >= 11 is 0. The zero-order valence-electron chi connectivity index (χ0n) is 23.5. The minimum Gasteiger partial charge on any atom is -0.348 e. The Morgan fingerprint density at radius 2 is 1.92 bits per heavy atom. The Labute approximate surface area is 228 Å². The third-order valence-corrected chi connectivity index (χ3v) is 14.2. The Kier molecular flexibility index (Phi) is 8.04. The number of hydrogen-bond acceptors (Lipinski definition) is 4. The number of H-pyrrole nitrogens is 1. The highest BCUT2D eigenvalue weighted by Gasteiger charge is 2.64. The molecule has 0 bridgehead atoms. The van der Waals surface area contributed by atoms with Crippen molar-refractivity contribution in [3.63, 3.8) is 0 Å². The number of nitrogens with zero attached hydrogens (tertiary/aromatic N) is 1. The first kappa shape index (κ1) is 27.2. The lowest BCUT2D eigenvalue weighted by Crippen LogP contribution is -2.66. The van der Waals surface area contributed by atoms with Crippen molar-refractivity contribution in [2.45, 2.75) is 122 Å². The van der Waals surface area contributed by atoms with Crippen LogP contribution in [0.1, 0.15) is 111 Å². The predicted octanol–water partition coefficient (Wildman–Crippen LogP) is 8.78. The van der Waals surface area contributed by atoms with Crippen LogP contribution in [-0.2, 0) is 5.75 Å². The van der Waals surface area contributed by atoms with E-state index in [4.69, 9.17) is 5.73 Å². The molecule has 202 valence electrons. The van der Waals surface area contributed by atoms with Gasteiger partial charge in [0.25, 0.3) is 0 Å². The summed E-state index contributed by atoms with van der Waals surface area (Å²) in [5.74, 6) is 4.93. The summed E-state index contributed by atoms with van der Waals surface area (Å²) in [6, 6.07) is 0. The smallest absolute Gasteiger partial charge is 0.0921 e. The number of hydrogen-bond donors (Lipinski definition) is 2. The highest BCUT2D eigenvalue weighted by Crippen LogP contribution is 2.68. The van der Waals surface area contributed by atoms with E-state index >= 15 is 0 Å². The predicted molar refractivity (Wildman–Crippen MR) is 158 cm³/mol. The monoisotopic (exact) mass is 529 g/mol. The van der Waals surface area contributed by atoms with Gasteiger partial charge in [0, 0.05) is 28.4 Å². The zero-order valence-corrected chi connectivity index (χ0v) is 25.2. The fraction of sp³-hybridized carbons (Fsp3) is 0.839.